The zero-order chi connectivity index (χ0) is 20.5. The summed E-state index contributed by atoms with van der Waals surface area (Å²) in [7, 11) is -3.58. The van der Waals surface area contributed by atoms with Gasteiger partial charge < -0.3 is 5.32 Å². The molecule has 0 radical (unpaired) electrons. The average molecular weight is 407 g/mol. The molecule has 0 bridgehead atoms. The summed E-state index contributed by atoms with van der Waals surface area (Å²) in [6, 6.07) is 5.94. The van der Waals surface area contributed by atoms with Crippen molar-refractivity contribution < 1.29 is 22.8 Å². The average Bonchev–Trinajstić information content (AvgIpc) is 2.93. The normalized spacial score (nSPS) is 23.9. The number of anilines is 1. The third-order valence-corrected chi connectivity index (χ3v) is 6.91. The topological polar surface area (TPSA) is 104 Å². The SMILES string of the molecule is C[C@@H]1C[C@H](C)CN(S(=O)(=O)c2ccc(NC(=O)CN3C(=O)CCC3=O)cc2)C1. The fourth-order valence-electron chi connectivity index (χ4n) is 3.80. The second kappa shape index (κ2) is 8.00. The molecule has 3 amide bonds. The van der Waals surface area contributed by atoms with Crippen LogP contribution in [0, 0.1) is 11.8 Å². The van der Waals surface area contributed by atoms with Gasteiger partial charge in [-0.2, -0.15) is 4.31 Å². The lowest BCUT2D eigenvalue weighted by Gasteiger charge is -2.34. The molecule has 2 aliphatic heterocycles. The van der Waals surface area contributed by atoms with Crippen LogP contribution in [0.2, 0.25) is 0 Å². The predicted octanol–water partition coefficient (Wildman–Crippen LogP) is 1.44. The molecule has 2 heterocycles. The van der Waals surface area contributed by atoms with E-state index in [1.54, 1.807) is 0 Å². The van der Waals surface area contributed by atoms with Crippen molar-refractivity contribution in [2.75, 3.05) is 25.0 Å². The van der Waals surface area contributed by atoms with E-state index in [-0.39, 0.29) is 36.1 Å². The Balaban J connectivity index is 1.65. The Morgan fingerprint density at radius 1 is 1.04 bits per heavy atom. The molecule has 0 aliphatic carbocycles. The molecule has 2 atom stereocenters. The third kappa shape index (κ3) is 4.41. The highest BCUT2D eigenvalue weighted by Crippen LogP contribution is 2.27. The van der Waals surface area contributed by atoms with Crippen molar-refractivity contribution in [1.82, 2.24) is 9.21 Å². The summed E-state index contributed by atoms with van der Waals surface area (Å²) in [5.74, 6) is -0.586. The van der Waals surface area contributed by atoms with Gasteiger partial charge in [0.1, 0.15) is 6.54 Å². The lowest BCUT2D eigenvalue weighted by atomic mass is 9.94. The van der Waals surface area contributed by atoms with Crippen LogP contribution in [-0.4, -0.2) is 55.0 Å². The van der Waals surface area contributed by atoms with Crippen LogP contribution in [0.15, 0.2) is 29.2 Å². The van der Waals surface area contributed by atoms with Crippen molar-refractivity contribution in [2.45, 2.75) is 38.0 Å². The molecule has 3 rings (SSSR count). The molecule has 1 N–H and O–H groups in total. The van der Waals surface area contributed by atoms with Crippen LogP contribution >= 0.6 is 0 Å². The second-order valence-corrected chi connectivity index (χ2v) is 9.65. The molecule has 0 spiro atoms. The largest absolute Gasteiger partial charge is 0.325 e. The van der Waals surface area contributed by atoms with E-state index in [4.69, 9.17) is 0 Å². The molecule has 1 aromatic rings. The number of amides is 3. The summed E-state index contributed by atoms with van der Waals surface area (Å²) in [6.07, 6.45) is 1.28. The van der Waals surface area contributed by atoms with Crippen LogP contribution in [-0.2, 0) is 24.4 Å². The molecular weight excluding hydrogens is 382 g/mol. The third-order valence-electron chi connectivity index (χ3n) is 5.07. The first kappa shape index (κ1) is 20.5. The van der Waals surface area contributed by atoms with E-state index in [9.17, 15) is 22.8 Å². The molecule has 0 aromatic heterocycles. The number of nitrogens with zero attached hydrogens (tertiary/aromatic N) is 2. The first-order chi connectivity index (χ1) is 13.2. The van der Waals surface area contributed by atoms with Crippen LogP contribution in [0.4, 0.5) is 5.69 Å². The zero-order valence-corrected chi connectivity index (χ0v) is 16.9. The summed E-state index contributed by atoms with van der Waals surface area (Å²) in [5, 5.41) is 2.59. The van der Waals surface area contributed by atoms with Crippen molar-refractivity contribution in [1.29, 1.82) is 0 Å². The number of benzene rings is 1. The summed E-state index contributed by atoms with van der Waals surface area (Å²) in [4.78, 5) is 36.3. The maximum atomic E-state index is 12.9. The van der Waals surface area contributed by atoms with Gasteiger partial charge in [0.2, 0.25) is 27.7 Å². The quantitative estimate of drug-likeness (QED) is 0.744. The van der Waals surface area contributed by atoms with E-state index >= 15 is 0 Å². The van der Waals surface area contributed by atoms with E-state index in [0.29, 0.717) is 30.6 Å². The van der Waals surface area contributed by atoms with Gasteiger partial charge in [0.25, 0.3) is 0 Å². The second-order valence-electron chi connectivity index (χ2n) is 7.71. The minimum absolute atomic E-state index is 0.131. The number of hydrogen-bond acceptors (Lipinski definition) is 5. The number of sulfonamides is 1. The van der Waals surface area contributed by atoms with Crippen LogP contribution in [0.3, 0.4) is 0 Å². The first-order valence-corrected chi connectivity index (χ1v) is 10.8. The lowest BCUT2D eigenvalue weighted by Crippen LogP contribution is -2.42. The van der Waals surface area contributed by atoms with Gasteiger partial charge in [-0.25, -0.2) is 8.42 Å². The summed E-state index contributed by atoms with van der Waals surface area (Å²) in [5.41, 5.74) is 0.406. The summed E-state index contributed by atoms with van der Waals surface area (Å²) < 4.78 is 27.3. The highest BCUT2D eigenvalue weighted by Gasteiger charge is 2.32. The molecule has 8 nitrogen and oxygen atoms in total. The fourth-order valence-corrected chi connectivity index (χ4v) is 5.48. The molecule has 2 fully saturated rings. The van der Waals surface area contributed by atoms with Crippen LogP contribution in [0.1, 0.15) is 33.1 Å². The summed E-state index contributed by atoms with van der Waals surface area (Å²) in [6.45, 7) is 4.77. The van der Waals surface area contributed by atoms with Crippen molar-refractivity contribution >= 4 is 33.4 Å². The zero-order valence-electron chi connectivity index (χ0n) is 16.1. The monoisotopic (exact) mass is 407 g/mol. The van der Waals surface area contributed by atoms with E-state index in [2.05, 4.69) is 5.32 Å². The smallest absolute Gasteiger partial charge is 0.244 e. The Hall–Kier alpha value is -2.26. The Kier molecular flexibility index (Phi) is 5.85. The Morgan fingerprint density at radius 3 is 2.11 bits per heavy atom. The van der Waals surface area contributed by atoms with Gasteiger partial charge in [0.05, 0.1) is 4.90 Å². The molecular formula is C19H25N3O5S. The molecule has 152 valence electrons. The number of nitrogens with one attached hydrogen (secondary N) is 1. The van der Waals surface area contributed by atoms with Gasteiger partial charge >= 0.3 is 0 Å². The van der Waals surface area contributed by atoms with Crippen molar-refractivity contribution in [3.63, 3.8) is 0 Å². The number of hydrogen-bond donors (Lipinski definition) is 1. The minimum Gasteiger partial charge on any atom is -0.325 e. The van der Waals surface area contributed by atoms with E-state index in [1.807, 2.05) is 13.8 Å². The molecule has 1 aromatic carbocycles. The highest BCUT2D eigenvalue weighted by molar-refractivity contribution is 7.89. The number of imide groups is 1. The van der Waals surface area contributed by atoms with Crippen LogP contribution < -0.4 is 5.32 Å². The maximum absolute atomic E-state index is 12.9. The van der Waals surface area contributed by atoms with E-state index in [1.165, 1.54) is 28.6 Å². The Labute approximate surface area is 164 Å². The van der Waals surface area contributed by atoms with Gasteiger partial charge in [-0.05, 0) is 42.5 Å². The van der Waals surface area contributed by atoms with E-state index in [0.717, 1.165) is 11.3 Å². The van der Waals surface area contributed by atoms with Gasteiger partial charge in [0.15, 0.2) is 0 Å². The number of piperidine rings is 1. The molecule has 9 heteroatoms. The van der Waals surface area contributed by atoms with Gasteiger partial charge in [-0.15, -0.1) is 0 Å². The molecule has 2 aliphatic rings. The Bertz CT molecular complexity index is 855. The molecule has 28 heavy (non-hydrogen) atoms. The Morgan fingerprint density at radius 2 is 1.57 bits per heavy atom. The standard InChI is InChI=1S/C19H25N3O5S/c1-13-9-14(2)11-21(10-13)28(26,27)16-5-3-15(4-6-16)20-17(23)12-22-18(24)7-8-19(22)25/h3-6,13-14H,7-12H2,1-2H3,(H,20,23)/t13-,14+. The minimum atomic E-state index is -3.58. The number of rotatable bonds is 5. The molecule has 0 unspecified atom stereocenters. The first-order valence-electron chi connectivity index (χ1n) is 9.40. The van der Waals surface area contributed by atoms with Crippen LogP contribution in [0.5, 0.6) is 0 Å². The van der Waals surface area contributed by atoms with E-state index < -0.39 is 15.9 Å². The molecule has 2 saturated heterocycles. The van der Waals surface area contributed by atoms with Crippen molar-refractivity contribution in [2.24, 2.45) is 11.8 Å². The van der Waals surface area contributed by atoms with Gasteiger partial charge in [-0.3, -0.25) is 19.3 Å². The number of carbonyl (C=O) groups is 3. The molecule has 0 saturated carbocycles. The van der Waals surface area contributed by atoms with Crippen LogP contribution in [0.25, 0.3) is 0 Å². The predicted molar refractivity (Wildman–Crippen MR) is 103 cm³/mol. The number of carbonyl (C=O) groups excluding carboxylic acids is 3. The summed E-state index contributed by atoms with van der Waals surface area (Å²) >= 11 is 0. The van der Waals surface area contributed by atoms with Gasteiger partial charge in [-0.1, -0.05) is 13.8 Å². The highest BCUT2D eigenvalue weighted by atomic mass is 32.2. The van der Waals surface area contributed by atoms with Crippen molar-refractivity contribution in [3.8, 4) is 0 Å². The number of likely N-dealkylation sites (tertiary alicyclic amines) is 1. The lowest BCUT2D eigenvalue weighted by molar-refractivity contribution is -0.141. The van der Waals surface area contributed by atoms with Crippen molar-refractivity contribution in [3.05, 3.63) is 24.3 Å². The van der Waals surface area contributed by atoms with Gasteiger partial charge in [0, 0.05) is 31.6 Å². The fraction of sp³-hybridized carbons (Fsp3) is 0.526. The maximum Gasteiger partial charge on any atom is 0.244 e.